The van der Waals surface area contributed by atoms with Crippen molar-refractivity contribution in [1.29, 1.82) is 0 Å². The van der Waals surface area contributed by atoms with Crippen LogP contribution in [0.5, 0.6) is 0 Å². The summed E-state index contributed by atoms with van der Waals surface area (Å²) in [7, 11) is 0. The number of amides is 1. The van der Waals surface area contributed by atoms with Gasteiger partial charge in [-0.05, 0) is 23.0 Å². The molecule has 0 aromatic heterocycles. The van der Waals surface area contributed by atoms with Gasteiger partial charge in [-0.3, -0.25) is 4.79 Å². The van der Waals surface area contributed by atoms with E-state index in [1.165, 1.54) is 5.56 Å². The van der Waals surface area contributed by atoms with Gasteiger partial charge in [-0.1, -0.05) is 65.8 Å². The summed E-state index contributed by atoms with van der Waals surface area (Å²) >= 11 is 0. The van der Waals surface area contributed by atoms with Crippen molar-refractivity contribution in [2.24, 2.45) is 10.8 Å². The Morgan fingerprint density at radius 2 is 1.42 bits per heavy atom. The topological polar surface area (TPSA) is 29.1 Å². The molecule has 1 amide bonds. The van der Waals surface area contributed by atoms with Crippen LogP contribution in [0.15, 0.2) is 24.3 Å². The molecule has 1 aromatic rings. The number of hydrogen-bond donors (Lipinski definition) is 1. The number of carbonyl (C=O) groups excluding carboxylic acids is 1. The highest BCUT2D eigenvalue weighted by Crippen LogP contribution is 2.20. The summed E-state index contributed by atoms with van der Waals surface area (Å²) in [5.41, 5.74) is 2.47. The van der Waals surface area contributed by atoms with Crippen LogP contribution in [0.2, 0.25) is 0 Å². The molecule has 0 saturated heterocycles. The minimum absolute atomic E-state index is 0.0891. The monoisotopic (exact) mass is 261 g/mol. The van der Waals surface area contributed by atoms with Gasteiger partial charge in [0.2, 0.25) is 5.91 Å². The molecular formula is C17H27NO. The summed E-state index contributed by atoms with van der Waals surface area (Å²) in [4.78, 5) is 11.8. The summed E-state index contributed by atoms with van der Waals surface area (Å²) in [6.45, 7) is 13.1. The van der Waals surface area contributed by atoms with Crippen LogP contribution in [0, 0.1) is 10.8 Å². The normalized spacial score (nSPS) is 12.3. The molecule has 0 atom stereocenters. The molecule has 0 heterocycles. The summed E-state index contributed by atoms with van der Waals surface area (Å²) in [6.07, 6.45) is 1.07. The molecule has 1 N–H and O–H groups in total. The van der Waals surface area contributed by atoms with E-state index in [0.29, 0.717) is 12.0 Å². The molecule has 0 aliphatic rings. The fourth-order valence-corrected chi connectivity index (χ4v) is 1.83. The Bertz CT molecular complexity index is 418. The second-order valence-electron chi connectivity index (χ2n) is 7.49. The SMILES string of the molecule is CC(C)(C)Cc1ccc(CNC(=O)C(C)(C)C)cc1. The van der Waals surface area contributed by atoms with Crippen molar-refractivity contribution < 1.29 is 4.79 Å². The number of benzene rings is 1. The number of nitrogens with one attached hydrogen (secondary N) is 1. The second-order valence-corrected chi connectivity index (χ2v) is 7.49. The van der Waals surface area contributed by atoms with Gasteiger partial charge in [0.15, 0.2) is 0 Å². The fraction of sp³-hybridized carbons (Fsp3) is 0.588. The Kier molecular flexibility index (Phi) is 4.78. The zero-order valence-corrected chi connectivity index (χ0v) is 13.1. The number of hydrogen-bond acceptors (Lipinski definition) is 1. The quantitative estimate of drug-likeness (QED) is 0.877. The van der Waals surface area contributed by atoms with Crippen molar-refractivity contribution in [3.8, 4) is 0 Å². The van der Waals surface area contributed by atoms with E-state index in [1.54, 1.807) is 0 Å². The average Bonchev–Trinajstić information content (AvgIpc) is 2.24. The van der Waals surface area contributed by atoms with Crippen LogP contribution in [0.1, 0.15) is 52.7 Å². The number of carbonyl (C=O) groups is 1. The van der Waals surface area contributed by atoms with Crippen molar-refractivity contribution in [1.82, 2.24) is 5.32 Å². The van der Waals surface area contributed by atoms with Crippen molar-refractivity contribution in [3.63, 3.8) is 0 Å². The maximum atomic E-state index is 11.8. The highest BCUT2D eigenvalue weighted by atomic mass is 16.2. The zero-order chi connectivity index (χ0) is 14.7. The van der Waals surface area contributed by atoms with E-state index in [9.17, 15) is 4.79 Å². The Balaban J connectivity index is 2.56. The minimum atomic E-state index is -0.327. The average molecular weight is 261 g/mol. The molecule has 0 aliphatic heterocycles. The third-order valence-electron chi connectivity index (χ3n) is 2.89. The van der Waals surface area contributed by atoms with Crippen LogP contribution in [-0.2, 0) is 17.8 Å². The Morgan fingerprint density at radius 1 is 0.947 bits per heavy atom. The molecule has 2 heteroatoms. The van der Waals surface area contributed by atoms with Gasteiger partial charge >= 0.3 is 0 Å². The summed E-state index contributed by atoms with van der Waals surface area (Å²) < 4.78 is 0. The van der Waals surface area contributed by atoms with Gasteiger partial charge in [-0.2, -0.15) is 0 Å². The van der Waals surface area contributed by atoms with E-state index in [0.717, 1.165) is 12.0 Å². The van der Waals surface area contributed by atoms with Crippen LogP contribution in [-0.4, -0.2) is 5.91 Å². The minimum Gasteiger partial charge on any atom is -0.352 e. The van der Waals surface area contributed by atoms with Gasteiger partial charge in [0, 0.05) is 12.0 Å². The lowest BCUT2D eigenvalue weighted by Crippen LogP contribution is -2.34. The van der Waals surface area contributed by atoms with Crippen molar-refractivity contribution >= 4 is 5.91 Å². The lowest BCUT2D eigenvalue weighted by Gasteiger charge is -2.19. The van der Waals surface area contributed by atoms with Gasteiger partial charge in [-0.15, -0.1) is 0 Å². The van der Waals surface area contributed by atoms with E-state index < -0.39 is 0 Å². The van der Waals surface area contributed by atoms with Gasteiger partial charge in [0.25, 0.3) is 0 Å². The first-order valence-electron chi connectivity index (χ1n) is 6.94. The third kappa shape index (κ3) is 5.91. The van der Waals surface area contributed by atoms with Crippen LogP contribution in [0.3, 0.4) is 0 Å². The fourth-order valence-electron chi connectivity index (χ4n) is 1.83. The van der Waals surface area contributed by atoms with E-state index in [2.05, 4.69) is 50.4 Å². The molecule has 1 rings (SSSR count). The molecule has 0 bridgehead atoms. The van der Waals surface area contributed by atoms with Crippen molar-refractivity contribution in [3.05, 3.63) is 35.4 Å². The largest absolute Gasteiger partial charge is 0.352 e. The Labute approximate surface area is 117 Å². The first kappa shape index (κ1) is 15.7. The van der Waals surface area contributed by atoms with Crippen molar-refractivity contribution in [2.75, 3.05) is 0 Å². The smallest absolute Gasteiger partial charge is 0.225 e. The standard InChI is InChI=1S/C17H27NO/c1-16(2,3)11-13-7-9-14(10-8-13)12-18-15(19)17(4,5)6/h7-10H,11-12H2,1-6H3,(H,18,19). The predicted molar refractivity (Wildman–Crippen MR) is 80.9 cm³/mol. The Morgan fingerprint density at radius 3 is 1.84 bits per heavy atom. The zero-order valence-electron chi connectivity index (χ0n) is 13.1. The summed E-state index contributed by atoms with van der Waals surface area (Å²) in [5.74, 6) is 0.0891. The Hall–Kier alpha value is -1.31. The molecule has 1 aromatic carbocycles. The predicted octanol–water partition coefficient (Wildman–Crippen LogP) is 3.94. The molecule has 106 valence electrons. The summed E-state index contributed by atoms with van der Waals surface area (Å²) in [6, 6.07) is 8.52. The summed E-state index contributed by atoms with van der Waals surface area (Å²) in [5, 5.41) is 2.97. The van der Waals surface area contributed by atoms with Crippen LogP contribution < -0.4 is 5.32 Å². The molecule has 0 spiro atoms. The van der Waals surface area contributed by atoms with Gasteiger partial charge in [0.1, 0.15) is 0 Å². The second kappa shape index (κ2) is 5.77. The molecule has 19 heavy (non-hydrogen) atoms. The van der Waals surface area contributed by atoms with Gasteiger partial charge in [-0.25, -0.2) is 0 Å². The van der Waals surface area contributed by atoms with Crippen LogP contribution >= 0.6 is 0 Å². The maximum Gasteiger partial charge on any atom is 0.225 e. The molecule has 0 unspecified atom stereocenters. The van der Waals surface area contributed by atoms with Crippen molar-refractivity contribution in [2.45, 2.75) is 54.5 Å². The van der Waals surface area contributed by atoms with Gasteiger partial charge in [0.05, 0.1) is 0 Å². The highest BCUT2D eigenvalue weighted by molar-refractivity contribution is 5.81. The van der Waals surface area contributed by atoms with Crippen LogP contribution in [0.4, 0.5) is 0 Å². The van der Waals surface area contributed by atoms with E-state index in [1.807, 2.05) is 20.8 Å². The maximum absolute atomic E-state index is 11.8. The number of rotatable bonds is 3. The highest BCUT2D eigenvalue weighted by Gasteiger charge is 2.20. The lowest BCUT2D eigenvalue weighted by atomic mass is 9.88. The van der Waals surface area contributed by atoms with Gasteiger partial charge < -0.3 is 5.32 Å². The lowest BCUT2D eigenvalue weighted by molar-refractivity contribution is -0.128. The van der Waals surface area contributed by atoms with Crippen LogP contribution in [0.25, 0.3) is 0 Å². The molecule has 2 nitrogen and oxygen atoms in total. The van der Waals surface area contributed by atoms with E-state index >= 15 is 0 Å². The molecular weight excluding hydrogens is 234 g/mol. The first-order chi connectivity index (χ1) is 8.58. The molecule has 0 saturated carbocycles. The van der Waals surface area contributed by atoms with E-state index in [4.69, 9.17) is 0 Å². The molecule has 0 aliphatic carbocycles. The molecule has 0 radical (unpaired) electrons. The third-order valence-corrected chi connectivity index (χ3v) is 2.89. The first-order valence-corrected chi connectivity index (χ1v) is 6.94. The molecule has 0 fully saturated rings. The van der Waals surface area contributed by atoms with E-state index in [-0.39, 0.29) is 11.3 Å².